The maximum Gasteiger partial charge on any atom is 0.306 e. The number of esters is 3. The Labute approximate surface area is 428 Å². The fraction of sp³-hybridized carbons (Fsp3) is 0.794. The minimum Gasteiger partial charge on any atom is -0.462 e. The van der Waals surface area contributed by atoms with Gasteiger partial charge in [-0.1, -0.05) is 261 Å². The molecule has 0 aliphatic rings. The van der Waals surface area contributed by atoms with Gasteiger partial charge in [-0.15, -0.1) is 0 Å². The smallest absolute Gasteiger partial charge is 0.306 e. The van der Waals surface area contributed by atoms with Crippen molar-refractivity contribution in [1.29, 1.82) is 0 Å². The lowest BCUT2D eigenvalue weighted by Gasteiger charge is -2.18. The van der Waals surface area contributed by atoms with Gasteiger partial charge in [0.1, 0.15) is 13.2 Å². The van der Waals surface area contributed by atoms with E-state index in [-0.39, 0.29) is 37.5 Å². The summed E-state index contributed by atoms with van der Waals surface area (Å²) in [6.07, 6.45) is 72.2. The summed E-state index contributed by atoms with van der Waals surface area (Å²) in [6, 6.07) is 0. The molecule has 1 unspecified atom stereocenters. The molecule has 0 aromatic rings. The summed E-state index contributed by atoms with van der Waals surface area (Å²) in [4.78, 5) is 38.2. The molecular weight excluding hydrogens is 853 g/mol. The molecule has 0 radical (unpaired) electrons. The summed E-state index contributed by atoms with van der Waals surface area (Å²) in [5.41, 5.74) is 0. The first-order valence-corrected chi connectivity index (χ1v) is 29.8. The Bertz CT molecular complexity index is 1250. The Balaban J connectivity index is 4.36. The van der Waals surface area contributed by atoms with E-state index in [2.05, 4.69) is 81.5 Å². The Hall–Kier alpha value is -2.89. The minimum absolute atomic E-state index is 0.0908. The third kappa shape index (κ3) is 55.9. The lowest BCUT2D eigenvalue weighted by molar-refractivity contribution is -0.167. The standard InChI is InChI=1S/C63H112O6/c1-4-7-10-13-16-19-22-25-28-29-30-31-32-33-36-38-41-44-47-50-53-56-62(65)68-59-60(69-63(66)57-54-51-48-45-42-39-35-27-24-21-18-15-12-9-6-3)58-67-61(64)55-52-49-46-43-40-37-34-26-23-20-17-14-11-8-5-2/h9,12,18,21,26-27,34-35,42,45,60H,4-8,10-11,13-17,19-20,22-25,28-33,36-41,43-44,46-59H2,1-3H3/b12-9-,21-18-,34-26-,35-27-,45-42-. The molecule has 0 saturated heterocycles. The van der Waals surface area contributed by atoms with Crippen molar-refractivity contribution < 1.29 is 28.6 Å². The van der Waals surface area contributed by atoms with Crippen molar-refractivity contribution in [2.24, 2.45) is 0 Å². The topological polar surface area (TPSA) is 78.9 Å². The van der Waals surface area contributed by atoms with Crippen LogP contribution in [0.25, 0.3) is 0 Å². The summed E-state index contributed by atoms with van der Waals surface area (Å²) in [6.45, 7) is 6.51. The normalized spacial score (nSPS) is 12.4. The first-order chi connectivity index (χ1) is 34.0. The molecule has 0 aliphatic heterocycles. The summed E-state index contributed by atoms with van der Waals surface area (Å²) in [5, 5.41) is 0. The van der Waals surface area contributed by atoms with Crippen LogP contribution in [0.3, 0.4) is 0 Å². The highest BCUT2D eigenvalue weighted by molar-refractivity contribution is 5.71. The van der Waals surface area contributed by atoms with E-state index in [0.29, 0.717) is 19.3 Å². The van der Waals surface area contributed by atoms with Crippen LogP contribution in [-0.4, -0.2) is 37.2 Å². The zero-order valence-electron chi connectivity index (χ0n) is 45.8. The number of ether oxygens (including phenoxy) is 3. The Kier molecular flexibility index (Phi) is 55.3. The van der Waals surface area contributed by atoms with Gasteiger partial charge in [-0.25, -0.2) is 0 Å². The molecule has 0 amide bonds. The maximum absolute atomic E-state index is 12.8. The predicted octanol–water partition coefficient (Wildman–Crippen LogP) is 20.0. The highest BCUT2D eigenvalue weighted by Gasteiger charge is 2.19. The number of allylic oxidation sites excluding steroid dienone is 10. The lowest BCUT2D eigenvalue weighted by Crippen LogP contribution is -2.30. The van der Waals surface area contributed by atoms with Gasteiger partial charge >= 0.3 is 17.9 Å². The van der Waals surface area contributed by atoms with Crippen molar-refractivity contribution in [3.8, 4) is 0 Å². The van der Waals surface area contributed by atoms with Gasteiger partial charge < -0.3 is 14.2 Å². The van der Waals surface area contributed by atoms with Crippen LogP contribution in [0.2, 0.25) is 0 Å². The number of unbranched alkanes of at least 4 members (excludes halogenated alkanes) is 33. The molecule has 0 aromatic heterocycles. The molecule has 6 heteroatoms. The molecule has 69 heavy (non-hydrogen) atoms. The Morgan fingerprint density at radius 2 is 0.565 bits per heavy atom. The van der Waals surface area contributed by atoms with Crippen LogP contribution >= 0.6 is 0 Å². The van der Waals surface area contributed by atoms with Crippen LogP contribution < -0.4 is 0 Å². The number of carbonyl (C=O) groups is 3. The zero-order chi connectivity index (χ0) is 50.0. The number of carbonyl (C=O) groups excluding carboxylic acids is 3. The van der Waals surface area contributed by atoms with E-state index in [4.69, 9.17) is 14.2 Å². The van der Waals surface area contributed by atoms with E-state index in [1.807, 2.05) is 0 Å². The largest absolute Gasteiger partial charge is 0.462 e. The monoisotopic (exact) mass is 965 g/mol. The van der Waals surface area contributed by atoms with Gasteiger partial charge in [-0.05, 0) is 83.5 Å². The van der Waals surface area contributed by atoms with Crippen molar-refractivity contribution in [1.82, 2.24) is 0 Å². The summed E-state index contributed by atoms with van der Waals surface area (Å²) >= 11 is 0. The van der Waals surface area contributed by atoms with E-state index < -0.39 is 6.10 Å². The third-order valence-corrected chi connectivity index (χ3v) is 13.0. The Morgan fingerprint density at radius 1 is 0.304 bits per heavy atom. The number of hydrogen-bond acceptors (Lipinski definition) is 6. The summed E-state index contributed by atoms with van der Waals surface area (Å²) in [7, 11) is 0. The van der Waals surface area contributed by atoms with E-state index in [9.17, 15) is 14.4 Å². The van der Waals surface area contributed by atoms with Crippen molar-refractivity contribution in [2.45, 2.75) is 309 Å². The fourth-order valence-corrected chi connectivity index (χ4v) is 8.55. The van der Waals surface area contributed by atoms with Crippen molar-refractivity contribution in [2.75, 3.05) is 13.2 Å². The van der Waals surface area contributed by atoms with Crippen molar-refractivity contribution in [3.63, 3.8) is 0 Å². The van der Waals surface area contributed by atoms with Gasteiger partial charge in [-0.3, -0.25) is 14.4 Å². The van der Waals surface area contributed by atoms with Gasteiger partial charge in [0.2, 0.25) is 0 Å². The molecule has 6 nitrogen and oxygen atoms in total. The van der Waals surface area contributed by atoms with Gasteiger partial charge in [0.05, 0.1) is 0 Å². The van der Waals surface area contributed by atoms with Crippen LogP contribution in [0.4, 0.5) is 0 Å². The molecule has 0 N–H and O–H groups in total. The predicted molar refractivity (Wildman–Crippen MR) is 298 cm³/mol. The average Bonchev–Trinajstić information content (AvgIpc) is 3.35. The quantitative estimate of drug-likeness (QED) is 0.0262. The zero-order valence-corrected chi connectivity index (χ0v) is 45.8. The van der Waals surface area contributed by atoms with Crippen LogP contribution in [0.1, 0.15) is 303 Å². The molecule has 0 heterocycles. The third-order valence-electron chi connectivity index (χ3n) is 13.0. The highest BCUT2D eigenvalue weighted by Crippen LogP contribution is 2.17. The molecule has 0 bridgehead atoms. The van der Waals surface area contributed by atoms with Gasteiger partial charge in [0.25, 0.3) is 0 Å². The molecule has 0 fully saturated rings. The van der Waals surface area contributed by atoms with Gasteiger partial charge in [-0.2, -0.15) is 0 Å². The maximum atomic E-state index is 12.8. The summed E-state index contributed by atoms with van der Waals surface area (Å²) < 4.78 is 16.8. The van der Waals surface area contributed by atoms with Crippen LogP contribution in [-0.2, 0) is 28.6 Å². The van der Waals surface area contributed by atoms with Crippen LogP contribution in [0, 0.1) is 0 Å². The lowest BCUT2D eigenvalue weighted by atomic mass is 10.0. The fourth-order valence-electron chi connectivity index (χ4n) is 8.55. The van der Waals surface area contributed by atoms with Crippen LogP contribution in [0.5, 0.6) is 0 Å². The first kappa shape index (κ1) is 66.1. The second-order valence-corrected chi connectivity index (χ2v) is 19.9. The number of hydrogen-bond donors (Lipinski definition) is 0. The molecular formula is C63H112O6. The van der Waals surface area contributed by atoms with E-state index in [1.54, 1.807) is 0 Å². The molecule has 1 atom stereocenters. The second kappa shape index (κ2) is 57.7. The van der Waals surface area contributed by atoms with E-state index in [1.165, 1.54) is 173 Å². The molecule has 0 aromatic carbocycles. The van der Waals surface area contributed by atoms with Crippen molar-refractivity contribution >= 4 is 17.9 Å². The highest BCUT2D eigenvalue weighted by atomic mass is 16.6. The SMILES string of the molecule is CC/C=C\C/C=C\C/C=C\C/C=C\CCCCC(=O)OC(COC(=O)CCCCCCC/C=C\CCCCCCCC)COC(=O)CCCCCCCCCCCCCCCCCCCCCCC. The first-order valence-electron chi connectivity index (χ1n) is 29.8. The van der Waals surface area contributed by atoms with E-state index in [0.717, 1.165) is 83.5 Å². The molecule has 400 valence electrons. The van der Waals surface area contributed by atoms with E-state index >= 15 is 0 Å². The Morgan fingerprint density at radius 3 is 0.928 bits per heavy atom. The van der Waals surface area contributed by atoms with Gasteiger partial charge in [0, 0.05) is 19.3 Å². The number of rotatable bonds is 54. The molecule has 0 rings (SSSR count). The van der Waals surface area contributed by atoms with Crippen LogP contribution in [0.15, 0.2) is 60.8 Å². The molecule has 0 spiro atoms. The summed E-state index contributed by atoms with van der Waals surface area (Å²) in [5.74, 6) is -0.928. The molecule has 0 aliphatic carbocycles. The molecule has 0 saturated carbocycles. The van der Waals surface area contributed by atoms with Gasteiger partial charge in [0.15, 0.2) is 6.10 Å². The minimum atomic E-state index is -0.798. The van der Waals surface area contributed by atoms with Crippen molar-refractivity contribution in [3.05, 3.63) is 60.8 Å². The average molecular weight is 966 g/mol. The second-order valence-electron chi connectivity index (χ2n) is 19.9.